The van der Waals surface area contributed by atoms with Crippen LogP contribution in [0.25, 0.3) is 0 Å². The van der Waals surface area contributed by atoms with Gasteiger partial charge in [-0.3, -0.25) is 14.4 Å². The van der Waals surface area contributed by atoms with E-state index in [0.717, 1.165) is 9.14 Å². The number of carbonyl (C=O) groups excluding carboxylic acids is 3. The van der Waals surface area contributed by atoms with Crippen molar-refractivity contribution >= 4 is 51.7 Å². The first-order chi connectivity index (χ1) is 13.5. The largest absolute Gasteiger partial charge is 0.322 e. The Balaban J connectivity index is 1.65. The average Bonchev–Trinajstić information content (AvgIpc) is 2.93. The molecule has 1 aliphatic heterocycles. The minimum atomic E-state index is -0.346. The fourth-order valence-corrected chi connectivity index (χ4v) is 4.23. The molecule has 3 amide bonds. The predicted octanol–water partition coefficient (Wildman–Crippen LogP) is 4.39. The van der Waals surface area contributed by atoms with Gasteiger partial charge >= 0.3 is 0 Å². The Kier molecular flexibility index (Phi) is 5.05. The van der Waals surface area contributed by atoms with Gasteiger partial charge in [-0.25, -0.2) is 4.90 Å². The van der Waals surface area contributed by atoms with Gasteiger partial charge in [0.15, 0.2) is 0 Å². The Morgan fingerprint density at radius 2 is 1.71 bits per heavy atom. The minimum absolute atomic E-state index is 0.211. The molecule has 2 atom stereocenters. The van der Waals surface area contributed by atoms with E-state index in [9.17, 15) is 14.4 Å². The van der Waals surface area contributed by atoms with Crippen LogP contribution in [0.15, 0.2) is 60.2 Å². The molecular formula is C22H19IN2O3. The molecule has 142 valence electrons. The lowest BCUT2D eigenvalue weighted by molar-refractivity contribution is -0.122. The molecule has 0 aromatic heterocycles. The zero-order chi connectivity index (χ0) is 19.8. The first-order valence-corrected chi connectivity index (χ1v) is 10.2. The summed E-state index contributed by atoms with van der Waals surface area (Å²) in [4.78, 5) is 40.1. The summed E-state index contributed by atoms with van der Waals surface area (Å²) in [5.41, 5.74) is 2.46. The fraction of sp³-hybridized carbons (Fsp3) is 0.227. The highest BCUT2D eigenvalue weighted by atomic mass is 127. The Hall–Kier alpha value is -2.48. The minimum Gasteiger partial charge on any atom is -0.322 e. The van der Waals surface area contributed by atoms with Crippen LogP contribution in [0, 0.1) is 15.4 Å². The summed E-state index contributed by atoms with van der Waals surface area (Å²) < 4.78 is 1.07. The molecule has 0 spiro atoms. The van der Waals surface area contributed by atoms with E-state index in [-0.39, 0.29) is 29.6 Å². The van der Waals surface area contributed by atoms with Crippen molar-refractivity contribution in [2.75, 3.05) is 10.2 Å². The summed E-state index contributed by atoms with van der Waals surface area (Å²) in [6.07, 6.45) is 3.21. The molecule has 4 rings (SSSR count). The van der Waals surface area contributed by atoms with E-state index in [2.05, 4.69) is 27.9 Å². The molecule has 1 aliphatic carbocycles. The quantitative estimate of drug-likeness (QED) is 0.398. The van der Waals surface area contributed by atoms with Gasteiger partial charge in [0.1, 0.15) is 0 Å². The maximum Gasteiger partial charge on any atom is 0.257 e. The highest BCUT2D eigenvalue weighted by Gasteiger charge is 2.49. The van der Waals surface area contributed by atoms with Gasteiger partial charge in [-0.2, -0.15) is 0 Å². The van der Waals surface area contributed by atoms with E-state index in [0.29, 0.717) is 29.8 Å². The number of nitrogens with zero attached hydrogens (tertiary/aromatic N) is 1. The van der Waals surface area contributed by atoms with Gasteiger partial charge in [0.25, 0.3) is 5.91 Å². The first-order valence-electron chi connectivity index (χ1n) is 9.15. The number of fused-ring (bicyclic) bond motifs is 1. The monoisotopic (exact) mass is 486 g/mol. The maximum absolute atomic E-state index is 13.0. The summed E-state index contributed by atoms with van der Waals surface area (Å²) >= 11 is 2.20. The molecule has 2 aromatic carbocycles. The Bertz CT molecular complexity index is 997. The topological polar surface area (TPSA) is 66.5 Å². The molecule has 0 saturated carbocycles. The highest BCUT2D eigenvalue weighted by Crippen LogP contribution is 2.40. The number of para-hydroxylation sites is 1. The molecule has 6 heteroatoms. The van der Waals surface area contributed by atoms with Crippen LogP contribution in [-0.2, 0) is 9.59 Å². The molecule has 2 aliphatic rings. The van der Waals surface area contributed by atoms with Crippen molar-refractivity contribution in [2.24, 2.45) is 11.8 Å². The number of halogens is 1. The number of hydrogen-bond acceptors (Lipinski definition) is 3. The first kappa shape index (κ1) is 18.9. The van der Waals surface area contributed by atoms with Crippen LogP contribution in [0.3, 0.4) is 0 Å². The lowest BCUT2D eigenvalue weighted by atomic mass is 9.82. The molecular weight excluding hydrogens is 467 g/mol. The number of nitrogens with one attached hydrogen (secondary N) is 1. The van der Waals surface area contributed by atoms with E-state index < -0.39 is 0 Å². The van der Waals surface area contributed by atoms with Crippen molar-refractivity contribution in [3.63, 3.8) is 0 Å². The van der Waals surface area contributed by atoms with E-state index >= 15 is 0 Å². The van der Waals surface area contributed by atoms with Crippen LogP contribution < -0.4 is 10.2 Å². The number of allylic oxidation sites excluding steroid dienone is 2. The van der Waals surface area contributed by atoms with E-state index in [1.54, 1.807) is 24.3 Å². The third-order valence-electron chi connectivity index (χ3n) is 5.31. The van der Waals surface area contributed by atoms with Crippen LogP contribution in [0.1, 0.15) is 30.1 Å². The van der Waals surface area contributed by atoms with Crippen molar-refractivity contribution in [3.05, 3.63) is 69.3 Å². The van der Waals surface area contributed by atoms with Gasteiger partial charge in [0.05, 0.1) is 23.1 Å². The molecule has 1 saturated heterocycles. The summed E-state index contributed by atoms with van der Waals surface area (Å²) in [6, 6.07) is 14.2. The molecule has 1 N–H and O–H groups in total. The lowest BCUT2D eigenvalue weighted by Gasteiger charge is -2.19. The van der Waals surface area contributed by atoms with Gasteiger partial charge in [-0.1, -0.05) is 23.8 Å². The van der Waals surface area contributed by atoms with Gasteiger partial charge in [0, 0.05) is 9.26 Å². The Labute approximate surface area is 176 Å². The second-order valence-corrected chi connectivity index (χ2v) is 8.44. The highest BCUT2D eigenvalue weighted by molar-refractivity contribution is 14.1. The SMILES string of the molecule is CC1=CC[C@H]2C(=O)N(c3ccccc3C(=O)Nc3ccc(I)cc3)C(=O)[C@@H]2C1. The summed E-state index contributed by atoms with van der Waals surface area (Å²) in [5.74, 6) is -1.43. The normalized spacial score (nSPS) is 21.4. The standard InChI is InChI=1S/C22H19IN2O3/c1-13-6-11-16-18(12-13)22(28)25(21(16)27)19-5-3-2-4-17(19)20(26)24-15-9-7-14(23)8-10-15/h2-10,16,18H,11-12H2,1H3,(H,24,26)/t16-,18-/m1/s1. The average molecular weight is 486 g/mol. The Morgan fingerprint density at radius 1 is 1.04 bits per heavy atom. The number of hydrogen-bond donors (Lipinski definition) is 1. The molecule has 0 bridgehead atoms. The van der Waals surface area contributed by atoms with Gasteiger partial charge in [-0.15, -0.1) is 0 Å². The van der Waals surface area contributed by atoms with E-state index in [1.165, 1.54) is 4.90 Å². The van der Waals surface area contributed by atoms with Crippen molar-refractivity contribution in [1.82, 2.24) is 0 Å². The second kappa shape index (κ2) is 7.50. The molecule has 28 heavy (non-hydrogen) atoms. The van der Waals surface area contributed by atoms with Crippen molar-refractivity contribution in [1.29, 1.82) is 0 Å². The smallest absolute Gasteiger partial charge is 0.257 e. The number of imide groups is 1. The predicted molar refractivity (Wildman–Crippen MR) is 116 cm³/mol. The van der Waals surface area contributed by atoms with Gasteiger partial charge in [-0.05, 0) is 78.8 Å². The fourth-order valence-electron chi connectivity index (χ4n) is 3.87. The number of rotatable bonds is 3. The zero-order valence-corrected chi connectivity index (χ0v) is 17.5. The molecule has 1 fully saturated rings. The third-order valence-corrected chi connectivity index (χ3v) is 6.03. The van der Waals surface area contributed by atoms with Gasteiger partial charge < -0.3 is 5.32 Å². The second-order valence-electron chi connectivity index (χ2n) is 7.19. The number of amides is 3. The summed E-state index contributed by atoms with van der Waals surface area (Å²) in [5, 5.41) is 2.85. The van der Waals surface area contributed by atoms with Crippen molar-refractivity contribution in [2.45, 2.75) is 19.8 Å². The Morgan fingerprint density at radius 3 is 2.46 bits per heavy atom. The summed E-state index contributed by atoms with van der Waals surface area (Å²) in [7, 11) is 0. The number of benzene rings is 2. The van der Waals surface area contributed by atoms with Crippen LogP contribution in [-0.4, -0.2) is 17.7 Å². The molecule has 5 nitrogen and oxygen atoms in total. The van der Waals surface area contributed by atoms with Crippen molar-refractivity contribution < 1.29 is 14.4 Å². The van der Waals surface area contributed by atoms with E-state index in [4.69, 9.17) is 0 Å². The van der Waals surface area contributed by atoms with Crippen LogP contribution in [0.5, 0.6) is 0 Å². The van der Waals surface area contributed by atoms with Crippen LogP contribution in [0.2, 0.25) is 0 Å². The third kappa shape index (κ3) is 3.37. The molecule has 0 radical (unpaired) electrons. The molecule has 1 heterocycles. The van der Waals surface area contributed by atoms with E-state index in [1.807, 2.05) is 37.3 Å². The van der Waals surface area contributed by atoms with Crippen LogP contribution in [0.4, 0.5) is 11.4 Å². The summed E-state index contributed by atoms with van der Waals surface area (Å²) in [6.45, 7) is 1.99. The van der Waals surface area contributed by atoms with Gasteiger partial charge in [0.2, 0.25) is 11.8 Å². The van der Waals surface area contributed by atoms with Crippen LogP contribution >= 0.6 is 22.6 Å². The molecule has 2 aromatic rings. The lowest BCUT2D eigenvalue weighted by Crippen LogP contribution is -2.33. The number of anilines is 2. The molecule has 0 unspecified atom stereocenters. The zero-order valence-electron chi connectivity index (χ0n) is 15.3. The van der Waals surface area contributed by atoms with Crippen molar-refractivity contribution in [3.8, 4) is 0 Å². The maximum atomic E-state index is 13.0. The number of carbonyl (C=O) groups is 3.